The Labute approximate surface area is 190 Å². The third-order valence-corrected chi connectivity index (χ3v) is 4.41. The first-order valence-electron chi connectivity index (χ1n) is 9.87. The van der Waals surface area contributed by atoms with Crippen LogP contribution in [0.5, 0.6) is 11.5 Å². The lowest BCUT2D eigenvalue weighted by Crippen LogP contribution is -2.36. The van der Waals surface area contributed by atoms with Gasteiger partial charge in [-0.25, -0.2) is 0 Å². The molecule has 0 atom stereocenters. The Kier molecular flexibility index (Phi) is 11.5. The van der Waals surface area contributed by atoms with Crippen LogP contribution in [0, 0.1) is 0 Å². The Morgan fingerprint density at radius 2 is 1.86 bits per heavy atom. The van der Waals surface area contributed by atoms with Crippen molar-refractivity contribution < 1.29 is 14.0 Å². The van der Waals surface area contributed by atoms with Gasteiger partial charge in [0.25, 0.3) is 0 Å². The van der Waals surface area contributed by atoms with Crippen molar-refractivity contribution in [3.8, 4) is 11.5 Å². The van der Waals surface area contributed by atoms with E-state index >= 15 is 0 Å². The fourth-order valence-electron chi connectivity index (χ4n) is 2.87. The average molecular weight is 516 g/mol. The zero-order valence-corrected chi connectivity index (χ0v) is 20.3. The van der Waals surface area contributed by atoms with E-state index in [2.05, 4.69) is 41.6 Å². The van der Waals surface area contributed by atoms with Crippen LogP contribution in [-0.4, -0.2) is 31.9 Å². The van der Waals surface area contributed by atoms with Crippen molar-refractivity contribution in [2.45, 2.75) is 53.1 Å². The van der Waals surface area contributed by atoms with Crippen molar-refractivity contribution in [1.29, 1.82) is 0 Å². The Morgan fingerprint density at radius 3 is 2.48 bits per heavy atom. The second-order valence-electron chi connectivity index (χ2n) is 6.35. The smallest absolute Gasteiger partial charge is 0.191 e. The molecule has 0 saturated carbocycles. The third kappa shape index (κ3) is 7.09. The van der Waals surface area contributed by atoms with Crippen molar-refractivity contribution >= 4 is 29.9 Å². The van der Waals surface area contributed by atoms with Gasteiger partial charge in [-0.15, -0.1) is 24.0 Å². The minimum atomic E-state index is 0. The Bertz CT molecular complexity index is 756. The van der Waals surface area contributed by atoms with Gasteiger partial charge in [0.05, 0.1) is 19.4 Å². The highest BCUT2D eigenvalue weighted by molar-refractivity contribution is 14.0. The maximum Gasteiger partial charge on any atom is 0.191 e. The van der Waals surface area contributed by atoms with Crippen LogP contribution in [-0.2, 0) is 25.9 Å². The lowest BCUT2D eigenvalue weighted by Gasteiger charge is -2.14. The number of hydrogen-bond acceptors (Lipinski definition) is 5. The molecule has 0 bridgehead atoms. The zero-order chi connectivity index (χ0) is 20.4. The number of benzene rings is 1. The number of methoxy groups -OCH3 is 1. The maximum atomic E-state index is 5.71. The standard InChI is InChI=1S/C21H32N4O3.HI/c1-6-11-27-19-10-9-15(12-20(19)26-5)13-23-21(22-4)24-14-16-17(7-2)25-28-18(16)8-3;/h9-10,12H,6-8,11,13-14H2,1-5H3,(H2,22,23,24);1H. The van der Waals surface area contributed by atoms with Gasteiger partial charge in [0.1, 0.15) is 5.76 Å². The molecule has 0 aliphatic heterocycles. The fourth-order valence-corrected chi connectivity index (χ4v) is 2.87. The summed E-state index contributed by atoms with van der Waals surface area (Å²) in [5.41, 5.74) is 3.19. The molecule has 0 saturated heterocycles. The Balaban J connectivity index is 0.00000420. The number of nitrogens with zero attached hydrogens (tertiary/aromatic N) is 2. The summed E-state index contributed by atoms with van der Waals surface area (Å²) in [4.78, 5) is 4.30. The molecule has 0 radical (unpaired) electrons. The number of rotatable bonds is 10. The van der Waals surface area contributed by atoms with Crippen LogP contribution in [0.2, 0.25) is 0 Å². The first-order valence-corrected chi connectivity index (χ1v) is 9.87. The summed E-state index contributed by atoms with van der Waals surface area (Å²) in [6.07, 6.45) is 2.63. The van der Waals surface area contributed by atoms with Crippen LogP contribution in [0.3, 0.4) is 0 Å². The number of aliphatic imine (C=N–C) groups is 1. The number of ether oxygens (including phenoxy) is 2. The highest BCUT2D eigenvalue weighted by Gasteiger charge is 2.13. The quantitative estimate of drug-likeness (QED) is 0.282. The predicted octanol–water partition coefficient (Wildman–Crippen LogP) is 4.08. The Morgan fingerprint density at radius 1 is 1.10 bits per heavy atom. The van der Waals surface area contributed by atoms with Crippen LogP contribution < -0.4 is 20.1 Å². The van der Waals surface area contributed by atoms with Gasteiger partial charge in [-0.1, -0.05) is 32.0 Å². The molecule has 0 amide bonds. The molecule has 162 valence electrons. The van der Waals surface area contributed by atoms with Crippen LogP contribution in [0.25, 0.3) is 0 Å². The van der Waals surface area contributed by atoms with Crippen molar-refractivity contribution in [3.63, 3.8) is 0 Å². The van der Waals surface area contributed by atoms with E-state index in [0.29, 0.717) is 19.7 Å². The molecule has 1 heterocycles. The molecular weight excluding hydrogens is 483 g/mol. The maximum absolute atomic E-state index is 5.71. The summed E-state index contributed by atoms with van der Waals surface area (Å²) in [5, 5.41) is 10.8. The summed E-state index contributed by atoms with van der Waals surface area (Å²) in [5.74, 6) is 3.14. The van der Waals surface area contributed by atoms with Crippen molar-refractivity contribution in [2.75, 3.05) is 20.8 Å². The second kappa shape index (κ2) is 13.3. The summed E-state index contributed by atoms with van der Waals surface area (Å²) < 4.78 is 16.6. The van der Waals surface area contributed by atoms with E-state index in [1.165, 1.54) is 0 Å². The van der Waals surface area contributed by atoms with E-state index in [4.69, 9.17) is 14.0 Å². The summed E-state index contributed by atoms with van der Waals surface area (Å²) >= 11 is 0. The summed E-state index contributed by atoms with van der Waals surface area (Å²) in [7, 11) is 3.41. The first kappa shape index (κ1) is 25.1. The van der Waals surface area contributed by atoms with E-state index in [-0.39, 0.29) is 24.0 Å². The third-order valence-electron chi connectivity index (χ3n) is 4.41. The van der Waals surface area contributed by atoms with Gasteiger partial charge in [0.15, 0.2) is 17.5 Å². The van der Waals surface area contributed by atoms with Gasteiger partial charge < -0.3 is 24.6 Å². The van der Waals surface area contributed by atoms with Gasteiger partial charge in [0, 0.05) is 32.1 Å². The molecule has 0 spiro atoms. The van der Waals surface area contributed by atoms with Crippen molar-refractivity contribution in [1.82, 2.24) is 15.8 Å². The van der Waals surface area contributed by atoms with Gasteiger partial charge in [-0.2, -0.15) is 0 Å². The van der Waals surface area contributed by atoms with Gasteiger partial charge in [0.2, 0.25) is 0 Å². The second-order valence-corrected chi connectivity index (χ2v) is 6.35. The average Bonchev–Trinajstić information content (AvgIpc) is 3.14. The molecule has 29 heavy (non-hydrogen) atoms. The molecule has 2 rings (SSSR count). The predicted molar refractivity (Wildman–Crippen MR) is 126 cm³/mol. The van der Waals surface area contributed by atoms with Gasteiger partial charge in [-0.3, -0.25) is 4.99 Å². The van der Waals surface area contributed by atoms with Crippen molar-refractivity contribution in [2.24, 2.45) is 4.99 Å². The van der Waals surface area contributed by atoms with Crippen LogP contribution in [0.4, 0.5) is 0 Å². The van der Waals surface area contributed by atoms with E-state index < -0.39 is 0 Å². The fraction of sp³-hybridized carbons (Fsp3) is 0.524. The molecule has 0 unspecified atom stereocenters. The van der Waals surface area contributed by atoms with Gasteiger partial charge >= 0.3 is 0 Å². The number of guanidine groups is 1. The number of nitrogens with one attached hydrogen (secondary N) is 2. The van der Waals surface area contributed by atoms with E-state index in [1.54, 1.807) is 14.2 Å². The normalized spacial score (nSPS) is 11.0. The molecule has 7 nitrogen and oxygen atoms in total. The van der Waals surface area contributed by atoms with E-state index in [9.17, 15) is 0 Å². The van der Waals surface area contributed by atoms with E-state index in [0.717, 1.165) is 59.3 Å². The largest absolute Gasteiger partial charge is 0.493 e. The molecule has 0 aliphatic rings. The highest BCUT2D eigenvalue weighted by Crippen LogP contribution is 2.28. The molecule has 1 aromatic carbocycles. The van der Waals surface area contributed by atoms with Gasteiger partial charge in [-0.05, 0) is 30.5 Å². The summed E-state index contributed by atoms with van der Waals surface area (Å²) in [6, 6.07) is 5.95. The molecule has 0 fully saturated rings. The number of aromatic nitrogens is 1. The number of hydrogen-bond donors (Lipinski definition) is 2. The minimum Gasteiger partial charge on any atom is -0.493 e. The monoisotopic (exact) mass is 516 g/mol. The molecule has 0 aliphatic carbocycles. The van der Waals surface area contributed by atoms with Crippen LogP contribution >= 0.6 is 24.0 Å². The number of halogens is 1. The van der Waals surface area contributed by atoms with E-state index in [1.807, 2.05) is 18.2 Å². The Hall–Kier alpha value is -1.97. The minimum absolute atomic E-state index is 0. The van der Waals surface area contributed by atoms with Crippen LogP contribution in [0.1, 0.15) is 49.8 Å². The molecule has 1 aromatic heterocycles. The molecule has 8 heteroatoms. The first-order chi connectivity index (χ1) is 13.7. The zero-order valence-electron chi connectivity index (χ0n) is 18.0. The van der Waals surface area contributed by atoms with Crippen LogP contribution in [0.15, 0.2) is 27.7 Å². The summed E-state index contributed by atoms with van der Waals surface area (Å²) in [6.45, 7) is 8.15. The lowest BCUT2D eigenvalue weighted by atomic mass is 10.1. The molecule has 2 aromatic rings. The number of aryl methyl sites for hydroxylation is 2. The molecule has 2 N–H and O–H groups in total. The highest BCUT2D eigenvalue weighted by atomic mass is 127. The lowest BCUT2D eigenvalue weighted by molar-refractivity contribution is 0.294. The topological polar surface area (TPSA) is 80.9 Å². The molecular formula is C21H33IN4O3. The SMILES string of the molecule is CCCOc1ccc(CNC(=NC)NCc2c(CC)noc2CC)cc1OC.I. The van der Waals surface area contributed by atoms with Crippen molar-refractivity contribution in [3.05, 3.63) is 40.8 Å².